The topological polar surface area (TPSA) is 41.9 Å². The molecule has 0 bridgehead atoms. The van der Waals surface area contributed by atoms with Crippen molar-refractivity contribution in [1.29, 1.82) is 0 Å². The van der Waals surface area contributed by atoms with Crippen LogP contribution < -0.4 is 5.01 Å². The molecule has 0 aliphatic carbocycles. The number of hydrogen-bond donors (Lipinski definition) is 0. The molecule has 0 radical (unpaired) electrons. The standard InChI is InChI=1S/C29H22N2O2S/c1-21(32)27-30-31(24-17-9-4-10-18-24)29(33-27)26-20-12-11-19-25(26)28(34-29,22-13-5-2-6-14-22)23-15-7-3-8-16-23/h2-20H,1H3. The molecule has 0 N–H and O–H groups in total. The number of hydrazone groups is 1. The lowest BCUT2D eigenvalue weighted by molar-refractivity contribution is -0.112. The zero-order chi connectivity index (χ0) is 23.2. The number of thioether (sulfide) groups is 1. The minimum absolute atomic E-state index is 0.114. The van der Waals surface area contributed by atoms with Crippen LogP contribution in [0.25, 0.3) is 0 Å². The van der Waals surface area contributed by atoms with Crippen molar-refractivity contribution in [2.75, 3.05) is 5.01 Å². The largest absolute Gasteiger partial charge is 0.431 e. The summed E-state index contributed by atoms with van der Waals surface area (Å²) in [5, 5.41) is 5.53. The summed E-state index contributed by atoms with van der Waals surface area (Å²) in [4.78, 5) is 12.5. The van der Waals surface area contributed by atoms with Gasteiger partial charge in [-0.3, -0.25) is 4.79 Å². The fraction of sp³-hybridized carbons (Fsp3) is 0.103. The minimum Gasteiger partial charge on any atom is -0.431 e. The zero-order valence-corrected chi connectivity index (χ0v) is 19.4. The van der Waals surface area contributed by atoms with Gasteiger partial charge in [0.05, 0.1) is 10.4 Å². The molecular formula is C29H22N2O2S. The Hall–Kier alpha value is -3.83. The first-order valence-electron chi connectivity index (χ1n) is 11.2. The van der Waals surface area contributed by atoms with Crippen LogP contribution in [0.4, 0.5) is 5.69 Å². The summed E-state index contributed by atoms with van der Waals surface area (Å²) in [5.41, 5.74) is 5.25. The number of anilines is 1. The summed E-state index contributed by atoms with van der Waals surface area (Å²) in [5.74, 6) is -0.0871. The summed E-state index contributed by atoms with van der Waals surface area (Å²) in [6.07, 6.45) is 0. The molecule has 0 fully saturated rings. The number of benzene rings is 4. The van der Waals surface area contributed by atoms with E-state index in [1.165, 1.54) is 6.92 Å². The molecule has 1 atom stereocenters. The highest BCUT2D eigenvalue weighted by atomic mass is 32.2. The first-order chi connectivity index (χ1) is 16.6. The van der Waals surface area contributed by atoms with Gasteiger partial charge in [-0.15, -0.1) is 5.10 Å². The minimum atomic E-state index is -1.04. The molecule has 2 aliphatic rings. The number of hydrogen-bond acceptors (Lipinski definition) is 5. The highest BCUT2D eigenvalue weighted by Gasteiger charge is 2.62. The Bertz CT molecular complexity index is 1350. The second kappa shape index (κ2) is 7.89. The Balaban J connectivity index is 1.65. The number of para-hydroxylation sites is 1. The van der Waals surface area contributed by atoms with Gasteiger partial charge in [0.25, 0.3) is 11.0 Å². The lowest BCUT2D eigenvalue weighted by atomic mass is 9.82. The van der Waals surface area contributed by atoms with E-state index in [9.17, 15) is 4.79 Å². The summed E-state index contributed by atoms with van der Waals surface area (Å²) in [7, 11) is 0. The number of carbonyl (C=O) groups is 1. The first kappa shape index (κ1) is 20.8. The predicted molar refractivity (Wildman–Crippen MR) is 137 cm³/mol. The average Bonchev–Trinajstić information content (AvgIpc) is 3.43. The van der Waals surface area contributed by atoms with Crippen molar-refractivity contribution >= 4 is 29.1 Å². The van der Waals surface area contributed by atoms with E-state index in [-0.39, 0.29) is 11.7 Å². The van der Waals surface area contributed by atoms with Crippen LogP contribution in [0.1, 0.15) is 29.2 Å². The maximum atomic E-state index is 12.5. The van der Waals surface area contributed by atoms with Gasteiger partial charge in [-0.1, -0.05) is 115 Å². The molecule has 0 amide bonds. The lowest BCUT2D eigenvalue weighted by Crippen LogP contribution is -2.38. The van der Waals surface area contributed by atoms with E-state index in [0.29, 0.717) is 0 Å². The quantitative estimate of drug-likeness (QED) is 0.358. The van der Waals surface area contributed by atoms with Gasteiger partial charge < -0.3 is 4.74 Å². The summed E-state index contributed by atoms with van der Waals surface area (Å²) < 4.78 is 5.99. The van der Waals surface area contributed by atoms with Crippen LogP contribution in [0.2, 0.25) is 0 Å². The van der Waals surface area contributed by atoms with Crippen molar-refractivity contribution in [3.05, 3.63) is 138 Å². The normalized spacial score (nSPS) is 20.0. The van der Waals surface area contributed by atoms with Crippen molar-refractivity contribution < 1.29 is 9.53 Å². The Labute approximate surface area is 202 Å². The third kappa shape index (κ3) is 2.94. The van der Waals surface area contributed by atoms with Gasteiger partial charge in [0, 0.05) is 12.5 Å². The fourth-order valence-electron chi connectivity index (χ4n) is 4.85. The highest BCUT2D eigenvalue weighted by Crippen LogP contribution is 2.66. The molecule has 0 saturated carbocycles. The van der Waals surface area contributed by atoms with E-state index < -0.39 is 9.80 Å². The second-order valence-electron chi connectivity index (χ2n) is 8.35. The maximum Gasteiger partial charge on any atom is 0.281 e. The molecule has 2 heterocycles. The van der Waals surface area contributed by atoms with E-state index >= 15 is 0 Å². The molecule has 4 aromatic rings. The SMILES string of the molecule is CC(=O)C1=NN(c2ccccc2)C2(O1)SC(c1ccccc1)(c1ccccc1)c1ccccc12. The van der Waals surface area contributed by atoms with E-state index in [1.54, 1.807) is 11.8 Å². The molecule has 1 spiro atoms. The van der Waals surface area contributed by atoms with Crippen LogP contribution >= 0.6 is 11.8 Å². The molecule has 34 heavy (non-hydrogen) atoms. The number of ketones is 1. The highest BCUT2D eigenvalue weighted by molar-refractivity contribution is 8.01. The number of fused-ring (bicyclic) bond motifs is 2. The van der Waals surface area contributed by atoms with E-state index in [4.69, 9.17) is 9.84 Å². The van der Waals surface area contributed by atoms with Crippen LogP contribution in [0.15, 0.2) is 120 Å². The molecule has 166 valence electrons. The molecule has 5 heteroatoms. The van der Waals surface area contributed by atoms with Gasteiger partial charge in [0.1, 0.15) is 0 Å². The number of nitrogens with zero attached hydrogens (tertiary/aromatic N) is 2. The summed E-state index contributed by atoms with van der Waals surface area (Å²) in [6.45, 7) is 1.49. The Morgan fingerprint density at radius 2 is 1.24 bits per heavy atom. The predicted octanol–water partition coefficient (Wildman–Crippen LogP) is 6.27. The Kier molecular flexibility index (Phi) is 4.82. The van der Waals surface area contributed by atoms with Gasteiger partial charge in [-0.2, -0.15) is 0 Å². The molecule has 0 saturated heterocycles. The fourth-order valence-corrected chi connectivity index (χ4v) is 6.70. The number of ether oxygens (including phenoxy) is 1. The van der Waals surface area contributed by atoms with Crippen LogP contribution in [0.3, 0.4) is 0 Å². The van der Waals surface area contributed by atoms with Gasteiger partial charge >= 0.3 is 0 Å². The molecule has 2 aliphatic heterocycles. The van der Waals surface area contributed by atoms with Gasteiger partial charge in [0.15, 0.2) is 0 Å². The molecule has 4 aromatic carbocycles. The number of Topliss-reactive ketones (excluding diaryl/α,β-unsaturated/α-hetero) is 1. The van der Waals surface area contributed by atoms with Crippen molar-refractivity contribution in [2.24, 2.45) is 5.10 Å². The van der Waals surface area contributed by atoms with Crippen molar-refractivity contribution in [3.63, 3.8) is 0 Å². The van der Waals surface area contributed by atoms with Crippen LogP contribution in [0.5, 0.6) is 0 Å². The third-order valence-electron chi connectivity index (χ3n) is 6.31. The molecule has 4 nitrogen and oxygen atoms in total. The molecule has 6 rings (SSSR count). The van der Waals surface area contributed by atoms with Gasteiger partial charge in [0.2, 0.25) is 5.78 Å². The monoisotopic (exact) mass is 462 g/mol. The van der Waals surface area contributed by atoms with Crippen molar-refractivity contribution in [1.82, 2.24) is 0 Å². The van der Waals surface area contributed by atoms with Gasteiger partial charge in [-0.05, 0) is 28.8 Å². The van der Waals surface area contributed by atoms with Gasteiger partial charge in [-0.25, -0.2) is 5.01 Å². The van der Waals surface area contributed by atoms with Crippen LogP contribution in [-0.4, -0.2) is 11.7 Å². The summed E-state index contributed by atoms with van der Waals surface area (Å²) in [6, 6.07) is 39.2. The Morgan fingerprint density at radius 3 is 1.79 bits per heavy atom. The van der Waals surface area contributed by atoms with Crippen molar-refractivity contribution in [3.8, 4) is 0 Å². The van der Waals surface area contributed by atoms with Crippen LogP contribution in [-0.2, 0) is 19.3 Å². The zero-order valence-electron chi connectivity index (χ0n) is 18.6. The average molecular weight is 463 g/mol. The molecule has 1 unspecified atom stereocenters. The van der Waals surface area contributed by atoms with E-state index in [1.807, 2.05) is 53.5 Å². The van der Waals surface area contributed by atoms with Crippen LogP contribution in [0, 0.1) is 0 Å². The smallest absolute Gasteiger partial charge is 0.281 e. The molecular weight excluding hydrogens is 440 g/mol. The van der Waals surface area contributed by atoms with Crippen molar-refractivity contribution in [2.45, 2.75) is 16.7 Å². The number of rotatable bonds is 4. The lowest BCUT2D eigenvalue weighted by Gasteiger charge is -2.36. The Morgan fingerprint density at radius 1 is 0.735 bits per heavy atom. The summed E-state index contributed by atoms with van der Waals surface area (Å²) >= 11 is 1.66. The second-order valence-corrected chi connectivity index (χ2v) is 9.72. The molecule has 0 aromatic heterocycles. The van der Waals surface area contributed by atoms with E-state index in [2.05, 4.69) is 66.7 Å². The third-order valence-corrected chi connectivity index (χ3v) is 8.06. The van der Waals surface area contributed by atoms with E-state index in [0.717, 1.165) is 27.9 Å². The number of carbonyl (C=O) groups excluding carboxylic acids is 1. The maximum absolute atomic E-state index is 12.5. The first-order valence-corrected chi connectivity index (χ1v) is 12.0.